The molecule has 4 nitrogen and oxygen atoms in total. The second-order valence-electron chi connectivity index (χ2n) is 3.44. The van der Waals surface area contributed by atoms with E-state index in [9.17, 15) is 0 Å². The summed E-state index contributed by atoms with van der Waals surface area (Å²) in [6, 6.07) is 11.4. The van der Waals surface area contributed by atoms with E-state index in [2.05, 4.69) is 16.9 Å². The van der Waals surface area contributed by atoms with E-state index in [1.807, 2.05) is 30.3 Å². The average Bonchev–Trinajstić information content (AvgIpc) is 2.40. The summed E-state index contributed by atoms with van der Waals surface area (Å²) in [6.45, 7) is 2.09. The van der Waals surface area contributed by atoms with Gasteiger partial charge >= 0.3 is 6.01 Å². The molecule has 4 heteroatoms. The maximum absolute atomic E-state index is 8.70. The minimum Gasteiger partial charge on any atom is -0.424 e. The quantitative estimate of drug-likeness (QED) is 0.805. The van der Waals surface area contributed by atoms with Crippen molar-refractivity contribution < 1.29 is 4.74 Å². The Bertz CT molecular complexity index is 543. The van der Waals surface area contributed by atoms with Crippen molar-refractivity contribution in [3.8, 4) is 17.8 Å². The Labute approximate surface area is 99.5 Å². The van der Waals surface area contributed by atoms with E-state index in [-0.39, 0.29) is 6.01 Å². The molecule has 0 aliphatic rings. The summed E-state index contributed by atoms with van der Waals surface area (Å²) in [5, 5.41) is 8.70. The minimum atomic E-state index is 0.188. The van der Waals surface area contributed by atoms with Crippen molar-refractivity contribution in [1.82, 2.24) is 9.97 Å². The highest BCUT2D eigenvalue weighted by Crippen LogP contribution is 2.18. The Balaban J connectivity index is 2.16. The molecule has 1 aromatic carbocycles. The first-order valence-electron chi connectivity index (χ1n) is 5.31. The van der Waals surface area contributed by atoms with Gasteiger partial charge in [-0.2, -0.15) is 10.2 Å². The van der Waals surface area contributed by atoms with Crippen LogP contribution in [0, 0.1) is 11.3 Å². The second-order valence-corrected chi connectivity index (χ2v) is 3.44. The molecule has 0 N–H and O–H groups in total. The highest BCUT2D eigenvalue weighted by atomic mass is 16.5. The van der Waals surface area contributed by atoms with E-state index in [1.165, 1.54) is 17.8 Å². The van der Waals surface area contributed by atoms with Gasteiger partial charge < -0.3 is 4.74 Å². The normalized spacial score (nSPS) is 9.65. The first-order chi connectivity index (χ1) is 8.31. The van der Waals surface area contributed by atoms with Crippen LogP contribution in [0.15, 0.2) is 36.5 Å². The summed E-state index contributed by atoms with van der Waals surface area (Å²) in [7, 11) is 0. The van der Waals surface area contributed by atoms with Crippen LogP contribution in [0.5, 0.6) is 11.8 Å². The zero-order chi connectivity index (χ0) is 12.1. The molecule has 84 valence electrons. The molecule has 2 rings (SSSR count). The minimum absolute atomic E-state index is 0.188. The van der Waals surface area contributed by atoms with Crippen molar-refractivity contribution in [3.05, 3.63) is 47.8 Å². The molecule has 0 saturated heterocycles. The van der Waals surface area contributed by atoms with E-state index in [4.69, 9.17) is 10.00 Å². The molecular formula is C13H11N3O. The van der Waals surface area contributed by atoms with Gasteiger partial charge in [-0.25, -0.2) is 4.98 Å². The number of nitrogens with zero attached hydrogens (tertiary/aromatic N) is 3. The van der Waals surface area contributed by atoms with Crippen LogP contribution in [0.25, 0.3) is 0 Å². The third-order valence-electron chi connectivity index (χ3n) is 2.29. The van der Waals surface area contributed by atoms with Gasteiger partial charge in [-0.1, -0.05) is 19.1 Å². The van der Waals surface area contributed by atoms with Crippen molar-refractivity contribution in [1.29, 1.82) is 5.26 Å². The Kier molecular flexibility index (Phi) is 3.31. The largest absolute Gasteiger partial charge is 0.424 e. The van der Waals surface area contributed by atoms with Crippen LogP contribution in [-0.4, -0.2) is 9.97 Å². The van der Waals surface area contributed by atoms with E-state index >= 15 is 0 Å². The predicted molar refractivity (Wildman–Crippen MR) is 62.6 cm³/mol. The maximum atomic E-state index is 8.70. The van der Waals surface area contributed by atoms with E-state index in [0.717, 1.165) is 6.42 Å². The number of hydrogen-bond donors (Lipinski definition) is 0. The Morgan fingerprint density at radius 3 is 2.65 bits per heavy atom. The topological polar surface area (TPSA) is 58.8 Å². The number of benzene rings is 1. The van der Waals surface area contributed by atoms with Crippen molar-refractivity contribution in [3.63, 3.8) is 0 Å². The number of hydrogen-bond acceptors (Lipinski definition) is 4. The Morgan fingerprint density at radius 1 is 1.24 bits per heavy atom. The summed E-state index contributed by atoms with van der Waals surface area (Å²) in [6.07, 6.45) is 2.49. The molecule has 0 fully saturated rings. The van der Waals surface area contributed by atoms with Gasteiger partial charge in [0.05, 0.1) is 0 Å². The Morgan fingerprint density at radius 2 is 2.00 bits per heavy atom. The molecule has 1 aromatic heterocycles. The average molecular weight is 225 g/mol. The number of aryl methyl sites for hydroxylation is 1. The zero-order valence-corrected chi connectivity index (χ0v) is 9.42. The Hall–Kier alpha value is -2.41. The van der Waals surface area contributed by atoms with Crippen LogP contribution >= 0.6 is 0 Å². The second kappa shape index (κ2) is 5.08. The molecule has 0 bridgehead atoms. The summed E-state index contributed by atoms with van der Waals surface area (Å²) in [5.74, 6) is 0.664. The van der Waals surface area contributed by atoms with Gasteiger partial charge in [0, 0.05) is 6.20 Å². The lowest BCUT2D eigenvalue weighted by Crippen LogP contribution is -1.93. The molecule has 0 aliphatic carbocycles. The number of aromatic nitrogens is 2. The predicted octanol–water partition coefficient (Wildman–Crippen LogP) is 2.70. The van der Waals surface area contributed by atoms with Crippen molar-refractivity contribution >= 4 is 0 Å². The van der Waals surface area contributed by atoms with Gasteiger partial charge in [0.1, 0.15) is 17.5 Å². The number of nitriles is 1. The van der Waals surface area contributed by atoms with Crippen LogP contribution in [0.4, 0.5) is 0 Å². The molecule has 0 atom stereocenters. The molecule has 0 spiro atoms. The summed E-state index contributed by atoms with van der Waals surface area (Å²) >= 11 is 0. The molecular weight excluding hydrogens is 214 g/mol. The van der Waals surface area contributed by atoms with Crippen LogP contribution in [-0.2, 0) is 6.42 Å². The summed E-state index contributed by atoms with van der Waals surface area (Å²) in [5.41, 5.74) is 1.53. The van der Waals surface area contributed by atoms with Gasteiger partial charge in [0.2, 0.25) is 0 Å². The maximum Gasteiger partial charge on any atom is 0.323 e. The molecule has 17 heavy (non-hydrogen) atoms. The first kappa shape index (κ1) is 11.1. The van der Waals surface area contributed by atoms with E-state index in [1.54, 1.807) is 0 Å². The van der Waals surface area contributed by atoms with Crippen LogP contribution in [0.3, 0.4) is 0 Å². The lowest BCUT2D eigenvalue weighted by atomic mass is 10.2. The molecule has 0 radical (unpaired) electrons. The molecule has 0 unspecified atom stereocenters. The van der Waals surface area contributed by atoms with Crippen molar-refractivity contribution in [2.24, 2.45) is 0 Å². The highest BCUT2D eigenvalue weighted by molar-refractivity contribution is 5.29. The van der Waals surface area contributed by atoms with Crippen molar-refractivity contribution in [2.75, 3.05) is 0 Å². The lowest BCUT2D eigenvalue weighted by Gasteiger charge is -2.04. The van der Waals surface area contributed by atoms with Crippen LogP contribution in [0.1, 0.15) is 18.2 Å². The standard InChI is InChI=1S/C13H11N3O/c1-2-10-3-5-12(6-4-10)17-13-15-8-7-11(9-14)16-13/h3-8H,2H2,1H3. The zero-order valence-electron chi connectivity index (χ0n) is 9.42. The fourth-order valence-corrected chi connectivity index (χ4v) is 1.35. The molecule has 1 heterocycles. The monoisotopic (exact) mass is 225 g/mol. The number of rotatable bonds is 3. The molecule has 0 aliphatic heterocycles. The summed E-state index contributed by atoms with van der Waals surface area (Å²) < 4.78 is 5.45. The SMILES string of the molecule is CCc1ccc(Oc2nccc(C#N)n2)cc1. The molecule has 2 aromatic rings. The van der Waals surface area contributed by atoms with Gasteiger partial charge in [-0.15, -0.1) is 0 Å². The van der Waals surface area contributed by atoms with Crippen LogP contribution in [0.2, 0.25) is 0 Å². The first-order valence-corrected chi connectivity index (χ1v) is 5.31. The summed E-state index contributed by atoms with van der Waals surface area (Å²) in [4.78, 5) is 7.88. The van der Waals surface area contributed by atoms with Crippen molar-refractivity contribution in [2.45, 2.75) is 13.3 Å². The smallest absolute Gasteiger partial charge is 0.323 e. The van der Waals surface area contributed by atoms with Gasteiger partial charge in [0.15, 0.2) is 0 Å². The van der Waals surface area contributed by atoms with Gasteiger partial charge in [-0.05, 0) is 30.2 Å². The number of ether oxygens (including phenoxy) is 1. The van der Waals surface area contributed by atoms with Crippen LogP contribution < -0.4 is 4.74 Å². The fraction of sp³-hybridized carbons (Fsp3) is 0.154. The highest BCUT2D eigenvalue weighted by Gasteiger charge is 2.01. The third kappa shape index (κ3) is 2.79. The fourth-order valence-electron chi connectivity index (χ4n) is 1.35. The van der Waals surface area contributed by atoms with Gasteiger partial charge in [-0.3, -0.25) is 0 Å². The molecule has 0 saturated carbocycles. The molecule has 0 amide bonds. The van der Waals surface area contributed by atoms with E-state index < -0.39 is 0 Å². The third-order valence-corrected chi connectivity index (χ3v) is 2.29. The lowest BCUT2D eigenvalue weighted by molar-refractivity contribution is 0.441. The van der Waals surface area contributed by atoms with Gasteiger partial charge in [0.25, 0.3) is 0 Å². The van der Waals surface area contributed by atoms with E-state index in [0.29, 0.717) is 11.4 Å².